The van der Waals surface area contributed by atoms with Gasteiger partial charge in [-0.1, -0.05) is 0 Å². The first-order valence-electron chi connectivity index (χ1n) is 26.5. The molecule has 37 nitrogen and oxygen atoms in total. The number of amides is 2. The lowest BCUT2D eigenvalue weighted by molar-refractivity contribution is -0.407. The van der Waals surface area contributed by atoms with Gasteiger partial charge in [-0.3, -0.25) is 9.59 Å². The SMILES string of the molecule is CC(=O)N[C@H]1[C@H](O[C@H]2[C@@H](O)[C@@H](CO)O[C@H](O[C@H]3[C@@H](O)[C@@H](CO)O[C@@H](O[C@H]4[C@@H](O)[C@@H](CO)O[C@@H](O[C@@H]5[C@H](O)[C@@H](O)[C@H](O[C@H]6[C@H](O)[C@@H](O)[C@H](O)O[C@@H]6CO)O[C@@H]5CO)[C@@H]4NC(C)=O)[C@@H]3O[C@@H]3O[C@@H](C)[C@@H](O)[C@@H](O)[C@@H]3O)[C@@H]2O)O[C@H](CO)[C@@H](O)[C@@H]1O. The highest BCUT2D eigenvalue weighted by molar-refractivity contribution is 5.73. The van der Waals surface area contributed by atoms with Gasteiger partial charge in [0, 0.05) is 13.8 Å². The molecule has 0 saturated carbocycles. The molecular formula is C46H78N2O35. The molecule has 0 aliphatic carbocycles. The van der Waals surface area contributed by atoms with Crippen molar-refractivity contribution in [3.63, 3.8) is 0 Å². The molecule has 22 N–H and O–H groups in total. The van der Waals surface area contributed by atoms with Gasteiger partial charge in [-0.25, -0.2) is 0 Å². The molecule has 2 amide bonds. The zero-order valence-corrected chi connectivity index (χ0v) is 44.5. The van der Waals surface area contributed by atoms with E-state index in [2.05, 4.69) is 10.6 Å². The third-order valence-corrected chi connectivity index (χ3v) is 15.3. The van der Waals surface area contributed by atoms with E-state index in [-0.39, 0.29) is 0 Å². The molecule has 0 aromatic heterocycles. The van der Waals surface area contributed by atoms with Gasteiger partial charge >= 0.3 is 0 Å². The monoisotopic (exact) mass is 1220 g/mol. The lowest BCUT2D eigenvalue weighted by Crippen LogP contribution is -2.71. The Morgan fingerprint density at radius 2 is 0.675 bits per heavy atom. The smallest absolute Gasteiger partial charge is 0.217 e. The van der Waals surface area contributed by atoms with Gasteiger partial charge in [0.1, 0.15) is 165 Å². The summed E-state index contributed by atoms with van der Waals surface area (Å²) in [6.07, 6.45) is -65.0. The molecular weight excluding hydrogens is 1140 g/mol. The molecule has 0 radical (unpaired) electrons. The molecule has 0 spiro atoms. The first kappa shape index (κ1) is 68.1. The minimum absolute atomic E-state index is 0.792. The van der Waals surface area contributed by atoms with Gasteiger partial charge in [0.2, 0.25) is 11.8 Å². The Kier molecular flexibility index (Phi) is 24.0. The molecule has 83 heavy (non-hydrogen) atoms. The quantitative estimate of drug-likeness (QED) is 0.0538. The normalized spacial score (nSPS) is 50.8. The Morgan fingerprint density at radius 1 is 0.313 bits per heavy atom. The lowest BCUT2D eigenvalue weighted by atomic mass is 9.93. The van der Waals surface area contributed by atoms with Crippen LogP contribution in [0.15, 0.2) is 0 Å². The van der Waals surface area contributed by atoms with Crippen LogP contribution in [0.2, 0.25) is 0 Å². The topological polar surface area (TPSA) is 583 Å². The number of carbonyl (C=O) groups is 2. The minimum atomic E-state index is -2.30. The standard InChI is InChI=1S/C46H78N2O35/c1-10-21(57)27(63)31(67)43(71-10)83-39-38(82-45-33(69)37(24(60)15(6-51)75-45)81-41-19(47-11(2)55)26(62)22(58)13(4-49)73-41)25(61)16(7-52)76-46(39)80-36-20(48-12(3)56)42(74-14(5-50)23(36)59)78-35-18(9-54)77-44(32(68)29(35)65)79-34-17(8-53)72-40(70)30(66)28(34)64/h10,13-46,49-54,57-70H,4-9H2,1-3H3,(H,47,55)(H,48,56)/t10-,13+,14+,15+,16+,17+,18+,19+,20+,21+,22+,23-,24-,25-,26+,27+,28+,29+,30+,31-,32+,33+,34+,35-,36+,37-,38-,39+,40+,41-,42-,43-,44-,45+,46-/m0/s1. The minimum Gasteiger partial charge on any atom is -0.394 e. The largest absolute Gasteiger partial charge is 0.394 e. The van der Waals surface area contributed by atoms with E-state index in [1.807, 2.05) is 0 Å². The van der Waals surface area contributed by atoms with E-state index in [0.29, 0.717) is 0 Å². The van der Waals surface area contributed by atoms with Gasteiger partial charge < -0.3 is 174 Å². The summed E-state index contributed by atoms with van der Waals surface area (Å²) in [6, 6.07) is -3.55. The molecule has 0 unspecified atom stereocenters. The highest BCUT2D eigenvalue weighted by Gasteiger charge is 2.60. The van der Waals surface area contributed by atoms with Crippen molar-refractivity contribution in [2.75, 3.05) is 39.6 Å². The summed E-state index contributed by atoms with van der Waals surface area (Å²) in [5, 5.41) is 222. The van der Waals surface area contributed by atoms with Crippen molar-refractivity contribution >= 4 is 11.8 Å². The number of ether oxygens (including phenoxy) is 13. The Morgan fingerprint density at radius 3 is 1.23 bits per heavy atom. The van der Waals surface area contributed by atoms with Crippen LogP contribution in [0.3, 0.4) is 0 Å². The Balaban J connectivity index is 1.21. The third-order valence-electron chi connectivity index (χ3n) is 15.3. The molecule has 0 aromatic carbocycles. The van der Waals surface area contributed by atoms with Gasteiger partial charge in [0.15, 0.2) is 44.0 Å². The lowest BCUT2D eigenvalue weighted by Gasteiger charge is -2.52. The molecule has 7 aliphatic heterocycles. The van der Waals surface area contributed by atoms with Gasteiger partial charge in [-0.15, -0.1) is 0 Å². The molecule has 35 atom stereocenters. The summed E-state index contributed by atoms with van der Waals surface area (Å²) >= 11 is 0. The first-order valence-corrected chi connectivity index (χ1v) is 26.5. The number of carbonyl (C=O) groups excluding carboxylic acids is 2. The Hall–Kier alpha value is -2.38. The van der Waals surface area contributed by atoms with E-state index in [9.17, 15) is 112 Å². The van der Waals surface area contributed by atoms with Crippen LogP contribution in [-0.2, 0) is 71.2 Å². The average Bonchev–Trinajstić information content (AvgIpc) is 3.40. The highest BCUT2D eigenvalue weighted by atomic mass is 16.8. The van der Waals surface area contributed by atoms with Crippen molar-refractivity contribution in [2.45, 2.75) is 236 Å². The second-order valence-corrected chi connectivity index (χ2v) is 21.0. The van der Waals surface area contributed by atoms with Crippen molar-refractivity contribution < 1.29 is 173 Å². The Bertz CT molecular complexity index is 2040. The summed E-state index contributed by atoms with van der Waals surface area (Å²) < 4.78 is 75.9. The Labute approximate surface area is 470 Å². The van der Waals surface area contributed by atoms with Crippen LogP contribution >= 0.6 is 0 Å². The number of aliphatic hydroxyl groups excluding tert-OH is 20. The van der Waals surface area contributed by atoms with Gasteiger partial charge in [0.25, 0.3) is 0 Å². The second kappa shape index (κ2) is 29.3. The molecule has 7 aliphatic rings. The van der Waals surface area contributed by atoms with Gasteiger partial charge in [0.05, 0.1) is 45.7 Å². The van der Waals surface area contributed by atoms with E-state index in [4.69, 9.17) is 61.6 Å². The molecule has 37 heteroatoms. The number of aliphatic hydroxyl groups is 20. The number of nitrogens with one attached hydrogen (secondary N) is 2. The second-order valence-electron chi connectivity index (χ2n) is 21.0. The van der Waals surface area contributed by atoms with Crippen LogP contribution in [-0.4, -0.2) is 368 Å². The summed E-state index contributed by atoms with van der Waals surface area (Å²) in [7, 11) is 0. The molecule has 7 fully saturated rings. The van der Waals surface area contributed by atoms with E-state index < -0.39 is 266 Å². The van der Waals surface area contributed by atoms with Crippen molar-refractivity contribution in [3.8, 4) is 0 Å². The van der Waals surface area contributed by atoms with Crippen molar-refractivity contribution in [1.82, 2.24) is 10.6 Å². The molecule has 7 saturated heterocycles. The van der Waals surface area contributed by atoms with Crippen LogP contribution in [0.25, 0.3) is 0 Å². The van der Waals surface area contributed by atoms with Crippen LogP contribution in [0.5, 0.6) is 0 Å². The molecule has 0 bridgehead atoms. The number of rotatable bonds is 20. The van der Waals surface area contributed by atoms with Crippen molar-refractivity contribution in [1.29, 1.82) is 0 Å². The fourth-order valence-corrected chi connectivity index (χ4v) is 10.7. The van der Waals surface area contributed by atoms with Crippen LogP contribution in [0, 0.1) is 0 Å². The van der Waals surface area contributed by atoms with E-state index in [0.717, 1.165) is 13.8 Å². The van der Waals surface area contributed by atoms with Crippen LogP contribution < -0.4 is 10.6 Å². The van der Waals surface area contributed by atoms with E-state index in [1.165, 1.54) is 6.92 Å². The summed E-state index contributed by atoms with van der Waals surface area (Å²) in [4.78, 5) is 25.3. The average molecular weight is 1220 g/mol. The zero-order valence-electron chi connectivity index (χ0n) is 44.5. The molecule has 0 aromatic rings. The zero-order chi connectivity index (χ0) is 61.2. The van der Waals surface area contributed by atoms with Crippen LogP contribution in [0.4, 0.5) is 0 Å². The first-order chi connectivity index (χ1) is 39.2. The summed E-state index contributed by atoms with van der Waals surface area (Å²) in [5.41, 5.74) is 0. The van der Waals surface area contributed by atoms with E-state index in [1.54, 1.807) is 0 Å². The number of hydrogen-bond acceptors (Lipinski definition) is 35. The molecule has 482 valence electrons. The highest BCUT2D eigenvalue weighted by Crippen LogP contribution is 2.39. The molecule has 7 heterocycles. The maximum Gasteiger partial charge on any atom is 0.217 e. The third kappa shape index (κ3) is 14.5. The fourth-order valence-electron chi connectivity index (χ4n) is 10.7. The fraction of sp³-hybridized carbons (Fsp3) is 0.957. The van der Waals surface area contributed by atoms with Gasteiger partial charge in [-0.2, -0.15) is 0 Å². The predicted octanol–water partition coefficient (Wildman–Crippen LogP) is -15.0. The maximum atomic E-state index is 13.0. The summed E-state index contributed by atoms with van der Waals surface area (Å²) in [5.74, 6) is -1.72. The van der Waals surface area contributed by atoms with Crippen molar-refractivity contribution in [3.05, 3.63) is 0 Å². The van der Waals surface area contributed by atoms with E-state index >= 15 is 0 Å². The molecule has 7 rings (SSSR count). The number of hydrogen-bond donors (Lipinski definition) is 22. The summed E-state index contributed by atoms with van der Waals surface area (Å²) in [6.45, 7) is -2.97. The predicted molar refractivity (Wildman–Crippen MR) is 254 cm³/mol. The van der Waals surface area contributed by atoms with Crippen molar-refractivity contribution in [2.24, 2.45) is 0 Å². The maximum absolute atomic E-state index is 13.0. The van der Waals surface area contributed by atoms with Crippen LogP contribution in [0.1, 0.15) is 20.8 Å². The van der Waals surface area contributed by atoms with Gasteiger partial charge in [-0.05, 0) is 6.92 Å².